The topological polar surface area (TPSA) is 84.3 Å². The van der Waals surface area contributed by atoms with Gasteiger partial charge in [0, 0.05) is 24.7 Å². The SMILES string of the molecule is C=CCNC(=O)C(C)NCc1cccc([N+](=O)[O-])c1C. The van der Waals surface area contributed by atoms with Crippen molar-refractivity contribution in [1.82, 2.24) is 10.6 Å². The Morgan fingerprint density at radius 3 is 2.85 bits per heavy atom. The summed E-state index contributed by atoms with van der Waals surface area (Å²) in [4.78, 5) is 22.1. The monoisotopic (exact) mass is 277 g/mol. The molecule has 0 radical (unpaired) electrons. The van der Waals surface area contributed by atoms with E-state index in [-0.39, 0.29) is 17.6 Å². The lowest BCUT2D eigenvalue weighted by Crippen LogP contribution is -2.41. The Morgan fingerprint density at radius 2 is 2.25 bits per heavy atom. The standard InChI is InChI=1S/C14H19N3O3/c1-4-8-15-14(18)11(3)16-9-12-6-5-7-13(10(12)2)17(19)20/h4-7,11,16H,1,8-9H2,2-3H3,(H,15,18). The van der Waals surface area contributed by atoms with Crippen LogP contribution in [0.15, 0.2) is 30.9 Å². The second-order valence-electron chi connectivity index (χ2n) is 4.45. The van der Waals surface area contributed by atoms with Gasteiger partial charge in [-0.25, -0.2) is 0 Å². The molecule has 6 heteroatoms. The van der Waals surface area contributed by atoms with Gasteiger partial charge in [-0.05, 0) is 19.4 Å². The molecule has 0 aromatic heterocycles. The van der Waals surface area contributed by atoms with E-state index in [9.17, 15) is 14.9 Å². The Hall–Kier alpha value is -2.21. The summed E-state index contributed by atoms with van der Waals surface area (Å²) in [7, 11) is 0. The van der Waals surface area contributed by atoms with E-state index < -0.39 is 4.92 Å². The third-order valence-corrected chi connectivity index (χ3v) is 3.03. The minimum atomic E-state index is -0.404. The van der Waals surface area contributed by atoms with Crippen LogP contribution in [0.5, 0.6) is 0 Å². The molecule has 0 heterocycles. The van der Waals surface area contributed by atoms with Crippen LogP contribution in [0.2, 0.25) is 0 Å². The summed E-state index contributed by atoms with van der Waals surface area (Å²) in [6, 6.07) is 4.54. The number of nitro benzene ring substituents is 1. The van der Waals surface area contributed by atoms with Gasteiger partial charge in [0.05, 0.1) is 11.0 Å². The van der Waals surface area contributed by atoms with Crippen LogP contribution in [0.3, 0.4) is 0 Å². The van der Waals surface area contributed by atoms with E-state index in [4.69, 9.17) is 0 Å². The van der Waals surface area contributed by atoms with Gasteiger partial charge in [0.25, 0.3) is 5.69 Å². The lowest BCUT2D eigenvalue weighted by atomic mass is 10.1. The van der Waals surface area contributed by atoms with E-state index >= 15 is 0 Å². The van der Waals surface area contributed by atoms with Crippen molar-refractivity contribution in [1.29, 1.82) is 0 Å². The minimum Gasteiger partial charge on any atom is -0.351 e. The van der Waals surface area contributed by atoms with Crippen molar-refractivity contribution in [3.05, 3.63) is 52.1 Å². The quantitative estimate of drug-likeness (QED) is 0.451. The van der Waals surface area contributed by atoms with Gasteiger partial charge in [-0.1, -0.05) is 18.2 Å². The fourth-order valence-corrected chi connectivity index (χ4v) is 1.74. The van der Waals surface area contributed by atoms with Crippen LogP contribution in [0.25, 0.3) is 0 Å². The van der Waals surface area contributed by atoms with E-state index in [1.165, 1.54) is 6.07 Å². The first kappa shape index (κ1) is 15.8. The maximum Gasteiger partial charge on any atom is 0.272 e. The first-order chi connectivity index (χ1) is 9.47. The van der Waals surface area contributed by atoms with Crippen molar-refractivity contribution < 1.29 is 9.72 Å². The molecule has 0 aliphatic heterocycles. The Balaban J connectivity index is 2.66. The normalized spacial score (nSPS) is 11.7. The zero-order valence-electron chi connectivity index (χ0n) is 11.7. The van der Waals surface area contributed by atoms with Crippen LogP contribution in [-0.2, 0) is 11.3 Å². The summed E-state index contributed by atoms with van der Waals surface area (Å²) in [5.41, 5.74) is 1.51. The Kier molecular flexibility index (Phi) is 5.86. The fraction of sp³-hybridized carbons (Fsp3) is 0.357. The number of benzene rings is 1. The maximum absolute atomic E-state index is 11.7. The number of hydrogen-bond donors (Lipinski definition) is 2. The zero-order valence-corrected chi connectivity index (χ0v) is 11.7. The predicted molar refractivity (Wildman–Crippen MR) is 77.3 cm³/mol. The molecule has 6 nitrogen and oxygen atoms in total. The van der Waals surface area contributed by atoms with E-state index in [2.05, 4.69) is 17.2 Å². The van der Waals surface area contributed by atoms with E-state index in [0.717, 1.165) is 5.56 Å². The van der Waals surface area contributed by atoms with Gasteiger partial charge >= 0.3 is 0 Å². The number of rotatable bonds is 7. The van der Waals surface area contributed by atoms with E-state index in [1.807, 2.05) is 6.07 Å². The van der Waals surface area contributed by atoms with Gasteiger partial charge in [0.1, 0.15) is 0 Å². The number of hydrogen-bond acceptors (Lipinski definition) is 4. The van der Waals surface area contributed by atoms with Crippen molar-refractivity contribution in [3.63, 3.8) is 0 Å². The molecule has 108 valence electrons. The second-order valence-corrected chi connectivity index (χ2v) is 4.45. The molecule has 0 saturated carbocycles. The number of nitrogens with one attached hydrogen (secondary N) is 2. The summed E-state index contributed by atoms with van der Waals surface area (Å²) in [5.74, 6) is -0.131. The average molecular weight is 277 g/mol. The van der Waals surface area contributed by atoms with Gasteiger partial charge in [0.15, 0.2) is 0 Å². The molecule has 0 fully saturated rings. The molecule has 0 aliphatic rings. The molecule has 1 rings (SSSR count). The van der Waals surface area contributed by atoms with Crippen LogP contribution < -0.4 is 10.6 Å². The van der Waals surface area contributed by atoms with Crippen LogP contribution in [0.4, 0.5) is 5.69 Å². The van der Waals surface area contributed by atoms with Gasteiger partial charge in [-0.15, -0.1) is 6.58 Å². The maximum atomic E-state index is 11.7. The molecule has 20 heavy (non-hydrogen) atoms. The second kappa shape index (κ2) is 7.40. The lowest BCUT2D eigenvalue weighted by Gasteiger charge is -2.14. The average Bonchev–Trinajstić information content (AvgIpc) is 2.42. The molecule has 1 aromatic carbocycles. The smallest absolute Gasteiger partial charge is 0.272 e. The summed E-state index contributed by atoms with van der Waals surface area (Å²) < 4.78 is 0. The number of nitro groups is 1. The largest absolute Gasteiger partial charge is 0.351 e. The predicted octanol–water partition coefficient (Wildman–Crippen LogP) is 1.68. The highest BCUT2D eigenvalue weighted by Gasteiger charge is 2.15. The van der Waals surface area contributed by atoms with E-state index in [1.54, 1.807) is 26.0 Å². The lowest BCUT2D eigenvalue weighted by molar-refractivity contribution is -0.385. The third-order valence-electron chi connectivity index (χ3n) is 3.03. The minimum absolute atomic E-state index is 0.0908. The van der Waals surface area contributed by atoms with Crippen LogP contribution >= 0.6 is 0 Å². The Morgan fingerprint density at radius 1 is 1.55 bits per heavy atom. The molecule has 0 aliphatic carbocycles. The van der Waals surface area contributed by atoms with Gasteiger partial charge in [-0.3, -0.25) is 14.9 Å². The van der Waals surface area contributed by atoms with Crippen molar-refractivity contribution in [3.8, 4) is 0 Å². The van der Waals surface area contributed by atoms with Crippen molar-refractivity contribution in [2.45, 2.75) is 26.4 Å². The summed E-state index contributed by atoms with van der Waals surface area (Å²) >= 11 is 0. The van der Waals surface area contributed by atoms with Gasteiger partial charge in [-0.2, -0.15) is 0 Å². The molecule has 1 aromatic rings. The molecule has 0 bridgehead atoms. The number of carbonyl (C=O) groups excluding carboxylic acids is 1. The molecular formula is C14H19N3O3. The molecule has 0 spiro atoms. The van der Waals surface area contributed by atoms with Crippen LogP contribution in [-0.4, -0.2) is 23.4 Å². The molecule has 1 atom stereocenters. The summed E-state index contributed by atoms with van der Waals surface area (Å²) in [5, 5.41) is 16.6. The molecule has 1 unspecified atom stereocenters. The van der Waals surface area contributed by atoms with Crippen LogP contribution in [0.1, 0.15) is 18.1 Å². The molecular weight excluding hydrogens is 258 g/mol. The van der Waals surface area contributed by atoms with Crippen molar-refractivity contribution in [2.24, 2.45) is 0 Å². The fourth-order valence-electron chi connectivity index (χ4n) is 1.74. The first-order valence-electron chi connectivity index (χ1n) is 6.32. The highest BCUT2D eigenvalue weighted by Crippen LogP contribution is 2.20. The number of amides is 1. The van der Waals surface area contributed by atoms with E-state index in [0.29, 0.717) is 18.7 Å². The molecule has 2 N–H and O–H groups in total. The third kappa shape index (κ3) is 4.17. The van der Waals surface area contributed by atoms with Gasteiger partial charge < -0.3 is 10.6 Å². The zero-order chi connectivity index (χ0) is 15.1. The number of nitrogens with zero attached hydrogens (tertiary/aromatic N) is 1. The van der Waals surface area contributed by atoms with Crippen molar-refractivity contribution >= 4 is 11.6 Å². The Bertz CT molecular complexity index is 514. The van der Waals surface area contributed by atoms with Crippen LogP contribution in [0, 0.1) is 17.0 Å². The highest BCUT2D eigenvalue weighted by atomic mass is 16.6. The summed E-state index contributed by atoms with van der Waals surface area (Å²) in [6.07, 6.45) is 1.61. The van der Waals surface area contributed by atoms with Crippen molar-refractivity contribution in [2.75, 3.05) is 6.54 Å². The first-order valence-corrected chi connectivity index (χ1v) is 6.32. The molecule has 0 saturated heterocycles. The van der Waals surface area contributed by atoms with Gasteiger partial charge in [0.2, 0.25) is 5.91 Å². The highest BCUT2D eigenvalue weighted by molar-refractivity contribution is 5.81. The number of carbonyl (C=O) groups is 1. The molecule has 1 amide bonds. The summed E-state index contributed by atoms with van der Waals surface area (Å²) in [6.45, 7) is 7.79. The Labute approximate surface area is 118 Å².